The van der Waals surface area contributed by atoms with Crippen LogP contribution in [0.25, 0.3) is 5.69 Å². The van der Waals surface area contributed by atoms with Gasteiger partial charge in [0.15, 0.2) is 17.1 Å². The summed E-state index contributed by atoms with van der Waals surface area (Å²) in [5.74, 6) is -3.79. The molecule has 14 heteroatoms. The zero-order valence-corrected chi connectivity index (χ0v) is 22.0. The molecule has 2 aromatic carbocycles. The Labute approximate surface area is 233 Å². The summed E-state index contributed by atoms with van der Waals surface area (Å²) in [5.41, 5.74) is 0.143. The van der Waals surface area contributed by atoms with Gasteiger partial charge in [-0.1, -0.05) is 6.07 Å². The predicted octanol–water partition coefficient (Wildman–Crippen LogP) is 1.87. The fourth-order valence-corrected chi connectivity index (χ4v) is 4.01. The summed E-state index contributed by atoms with van der Waals surface area (Å²) >= 11 is 0. The monoisotopic (exact) mass is 575 g/mol. The molecule has 220 valence electrons. The fourth-order valence-electron chi connectivity index (χ4n) is 4.01. The van der Waals surface area contributed by atoms with Crippen LogP contribution in [-0.2, 0) is 27.5 Å². The van der Waals surface area contributed by atoms with E-state index in [9.17, 15) is 23.9 Å². The van der Waals surface area contributed by atoms with Crippen LogP contribution in [0.4, 0.5) is 4.39 Å². The summed E-state index contributed by atoms with van der Waals surface area (Å²) in [6.45, 7) is 3.83. The second-order valence-corrected chi connectivity index (χ2v) is 9.45. The van der Waals surface area contributed by atoms with E-state index >= 15 is 0 Å². The number of nitrogens with zero attached hydrogens (tertiary/aromatic N) is 3. The van der Waals surface area contributed by atoms with Gasteiger partial charge in [0, 0.05) is 31.4 Å². The molecular formula is C27H30FN3O10. The molecule has 0 saturated carbocycles. The van der Waals surface area contributed by atoms with E-state index in [0.29, 0.717) is 19.6 Å². The quantitative estimate of drug-likeness (QED) is 0.211. The maximum atomic E-state index is 13.1. The van der Waals surface area contributed by atoms with Gasteiger partial charge < -0.3 is 35.0 Å². The number of benzene rings is 2. The molecule has 0 spiro atoms. The average molecular weight is 576 g/mol. The number of aliphatic carboxylic acids is 3. The van der Waals surface area contributed by atoms with E-state index in [2.05, 4.69) is 10.00 Å². The molecule has 3 aromatic rings. The van der Waals surface area contributed by atoms with Gasteiger partial charge in [-0.15, -0.1) is 0 Å². The first-order chi connectivity index (χ1) is 19.3. The van der Waals surface area contributed by atoms with Gasteiger partial charge in [-0.2, -0.15) is 5.10 Å². The van der Waals surface area contributed by atoms with Crippen LogP contribution in [0.1, 0.15) is 30.9 Å². The van der Waals surface area contributed by atoms with Gasteiger partial charge in [0.1, 0.15) is 5.82 Å². The minimum Gasteiger partial charge on any atom is -0.481 e. The topological polar surface area (TPSA) is 192 Å². The standard InChI is InChI=1S/C21H22FN3O3.C6H8O7/c1-15(26)10-24(11-16-2-7-20-21(8-16)28-14-27-20)12-17-9-23-25(13-17)19-5-3-18(22)4-6-19;7-3(8)1-6(13,5(11)12)2-4(9)10/h2-9,13,15,26H,10-12,14H2,1H3;13H,1-2H2,(H,7,8)(H,9,10)(H,11,12). The van der Waals surface area contributed by atoms with Crippen molar-refractivity contribution in [3.63, 3.8) is 0 Å². The Morgan fingerprint density at radius 3 is 2.20 bits per heavy atom. The van der Waals surface area contributed by atoms with Crippen molar-refractivity contribution in [2.45, 2.75) is 44.6 Å². The number of carboxylic acid groups (broad SMARTS) is 3. The third kappa shape index (κ3) is 9.27. The van der Waals surface area contributed by atoms with Crippen LogP contribution < -0.4 is 9.47 Å². The van der Waals surface area contributed by atoms with Crippen molar-refractivity contribution in [2.24, 2.45) is 0 Å². The Morgan fingerprint density at radius 1 is 1.00 bits per heavy atom. The largest absolute Gasteiger partial charge is 0.481 e. The Morgan fingerprint density at radius 2 is 1.61 bits per heavy atom. The number of hydrogen-bond donors (Lipinski definition) is 5. The van der Waals surface area contributed by atoms with Gasteiger partial charge in [0.25, 0.3) is 0 Å². The second-order valence-electron chi connectivity index (χ2n) is 9.45. The molecular weight excluding hydrogens is 545 g/mol. The van der Waals surface area contributed by atoms with Crippen LogP contribution in [-0.4, -0.2) is 83.2 Å². The molecule has 0 radical (unpaired) electrons. The Kier molecular flexibility index (Phi) is 10.4. The molecule has 4 rings (SSSR count). The second kappa shape index (κ2) is 13.7. The molecule has 0 amide bonds. The first-order valence-electron chi connectivity index (χ1n) is 12.3. The number of carboxylic acids is 3. The molecule has 1 aromatic heterocycles. The highest BCUT2D eigenvalue weighted by atomic mass is 19.1. The van der Waals surface area contributed by atoms with Crippen molar-refractivity contribution in [1.82, 2.24) is 14.7 Å². The summed E-state index contributed by atoms with van der Waals surface area (Å²) in [6.07, 6.45) is 0.963. The first-order valence-corrected chi connectivity index (χ1v) is 12.3. The summed E-state index contributed by atoms with van der Waals surface area (Å²) < 4.78 is 25.6. The number of rotatable bonds is 12. The summed E-state index contributed by atoms with van der Waals surface area (Å²) in [7, 11) is 0. The van der Waals surface area contributed by atoms with Crippen molar-refractivity contribution < 1.29 is 53.8 Å². The van der Waals surface area contributed by atoms with Gasteiger partial charge in [-0.3, -0.25) is 14.5 Å². The molecule has 5 N–H and O–H groups in total. The average Bonchev–Trinajstić information content (AvgIpc) is 3.53. The normalized spacial score (nSPS) is 12.9. The maximum absolute atomic E-state index is 13.1. The zero-order valence-electron chi connectivity index (χ0n) is 22.0. The van der Waals surface area contributed by atoms with Crippen LogP contribution in [0.5, 0.6) is 11.5 Å². The van der Waals surface area contributed by atoms with E-state index in [1.807, 2.05) is 24.4 Å². The Hall–Kier alpha value is -4.53. The number of aliphatic hydroxyl groups excluding tert-OH is 1. The number of aliphatic hydroxyl groups is 2. The van der Waals surface area contributed by atoms with E-state index in [1.54, 1.807) is 29.9 Å². The lowest BCUT2D eigenvalue weighted by atomic mass is 9.96. The lowest BCUT2D eigenvalue weighted by Gasteiger charge is -2.23. The summed E-state index contributed by atoms with van der Waals surface area (Å²) in [5, 5.41) is 48.1. The molecule has 1 aliphatic rings. The number of carbonyl (C=O) groups is 3. The number of halogens is 1. The molecule has 0 saturated heterocycles. The molecule has 0 aliphatic carbocycles. The molecule has 13 nitrogen and oxygen atoms in total. The lowest BCUT2D eigenvalue weighted by molar-refractivity contribution is -0.170. The minimum atomic E-state index is -2.74. The van der Waals surface area contributed by atoms with Crippen molar-refractivity contribution in [3.05, 3.63) is 71.8 Å². The van der Waals surface area contributed by atoms with Crippen molar-refractivity contribution >= 4 is 17.9 Å². The number of aromatic nitrogens is 2. The Bertz CT molecular complexity index is 1340. The van der Waals surface area contributed by atoms with Crippen molar-refractivity contribution in [3.8, 4) is 17.2 Å². The predicted molar refractivity (Wildman–Crippen MR) is 139 cm³/mol. The highest BCUT2D eigenvalue weighted by molar-refractivity contribution is 5.88. The molecule has 0 fully saturated rings. The van der Waals surface area contributed by atoms with Gasteiger partial charge >= 0.3 is 17.9 Å². The molecule has 1 aliphatic heterocycles. The van der Waals surface area contributed by atoms with Gasteiger partial charge in [-0.25, -0.2) is 13.9 Å². The van der Waals surface area contributed by atoms with E-state index in [1.165, 1.54) is 12.1 Å². The lowest BCUT2D eigenvalue weighted by Crippen LogP contribution is -2.42. The van der Waals surface area contributed by atoms with E-state index in [-0.39, 0.29) is 12.6 Å². The zero-order chi connectivity index (χ0) is 30.2. The molecule has 41 heavy (non-hydrogen) atoms. The maximum Gasteiger partial charge on any atom is 0.336 e. The highest BCUT2D eigenvalue weighted by Gasteiger charge is 2.40. The van der Waals surface area contributed by atoms with Crippen LogP contribution >= 0.6 is 0 Å². The molecule has 2 heterocycles. The van der Waals surface area contributed by atoms with Crippen molar-refractivity contribution in [2.75, 3.05) is 13.3 Å². The highest BCUT2D eigenvalue weighted by Crippen LogP contribution is 2.33. The van der Waals surface area contributed by atoms with Crippen LogP contribution in [0.2, 0.25) is 0 Å². The minimum absolute atomic E-state index is 0.249. The van der Waals surface area contributed by atoms with E-state index in [0.717, 1.165) is 28.3 Å². The third-order valence-corrected chi connectivity index (χ3v) is 5.78. The van der Waals surface area contributed by atoms with E-state index in [4.69, 9.17) is 29.9 Å². The smallest absolute Gasteiger partial charge is 0.336 e. The van der Waals surface area contributed by atoms with Crippen molar-refractivity contribution in [1.29, 1.82) is 0 Å². The number of ether oxygens (including phenoxy) is 2. The van der Waals surface area contributed by atoms with Crippen LogP contribution in [0.3, 0.4) is 0 Å². The van der Waals surface area contributed by atoms with Gasteiger partial charge in [0.2, 0.25) is 6.79 Å². The molecule has 1 unspecified atom stereocenters. The molecule has 1 atom stereocenters. The first kappa shape index (κ1) is 31.0. The summed E-state index contributed by atoms with van der Waals surface area (Å²) in [4.78, 5) is 32.6. The molecule has 0 bridgehead atoms. The van der Waals surface area contributed by atoms with Gasteiger partial charge in [0.05, 0.1) is 30.8 Å². The van der Waals surface area contributed by atoms with Crippen LogP contribution in [0.15, 0.2) is 54.9 Å². The van der Waals surface area contributed by atoms with Gasteiger partial charge in [-0.05, 0) is 48.9 Å². The Balaban J connectivity index is 0.000000302. The number of fused-ring (bicyclic) bond motifs is 1. The fraction of sp³-hybridized carbons (Fsp3) is 0.333. The third-order valence-electron chi connectivity index (χ3n) is 5.78. The van der Waals surface area contributed by atoms with E-state index < -0.39 is 42.5 Å². The number of hydrogen-bond acceptors (Lipinski definition) is 9. The SMILES string of the molecule is CC(O)CN(Cc1ccc2c(c1)OCO2)Cc1cnn(-c2ccc(F)cc2)c1.O=C(O)CC(O)(CC(=O)O)C(=O)O. The summed E-state index contributed by atoms with van der Waals surface area (Å²) in [6, 6.07) is 12.1. The van der Waals surface area contributed by atoms with Crippen LogP contribution in [0, 0.1) is 5.82 Å².